The lowest BCUT2D eigenvalue weighted by atomic mass is 10.2. The van der Waals surface area contributed by atoms with Crippen LogP contribution in [0.3, 0.4) is 0 Å². The van der Waals surface area contributed by atoms with Gasteiger partial charge in [-0.25, -0.2) is 9.97 Å². The Morgan fingerprint density at radius 1 is 1.08 bits per heavy atom. The SMILES string of the molecule is Cc1cc(C(=O)CSc2nc(N)cc(N)n2)c(C)n1-c1ccccc1. The Kier molecular flexibility index (Phi) is 4.76. The summed E-state index contributed by atoms with van der Waals surface area (Å²) in [7, 11) is 0. The Labute approximate surface area is 150 Å². The van der Waals surface area contributed by atoms with E-state index in [-0.39, 0.29) is 11.5 Å². The molecule has 0 saturated carbocycles. The molecule has 25 heavy (non-hydrogen) atoms. The molecule has 0 radical (unpaired) electrons. The average molecular weight is 353 g/mol. The van der Waals surface area contributed by atoms with Gasteiger partial charge in [0.25, 0.3) is 0 Å². The number of carbonyl (C=O) groups is 1. The summed E-state index contributed by atoms with van der Waals surface area (Å²) in [4.78, 5) is 20.8. The van der Waals surface area contributed by atoms with Crippen molar-refractivity contribution in [2.45, 2.75) is 19.0 Å². The van der Waals surface area contributed by atoms with Crippen molar-refractivity contribution in [3.05, 3.63) is 59.4 Å². The van der Waals surface area contributed by atoms with Gasteiger partial charge in [0.05, 0.1) is 5.75 Å². The first-order valence-corrected chi connectivity index (χ1v) is 8.74. The molecule has 2 aromatic heterocycles. The number of hydrogen-bond donors (Lipinski definition) is 2. The van der Waals surface area contributed by atoms with E-state index >= 15 is 0 Å². The number of thioether (sulfide) groups is 1. The van der Waals surface area contributed by atoms with Crippen molar-refractivity contribution in [2.75, 3.05) is 17.2 Å². The predicted molar refractivity (Wildman–Crippen MR) is 101 cm³/mol. The van der Waals surface area contributed by atoms with Crippen molar-refractivity contribution in [1.82, 2.24) is 14.5 Å². The molecule has 0 aliphatic rings. The summed E-state index contributed by atoms with van der Waals surface area (Å²) in [5, 5.41) is 0.405. The van der Waals surface area contributed by atoms with Gasteiger partial charge in [-0.05, 0) is 32.0 Å². The van der Waals surface area contributed by atoms with E-state index in [2.05, 4.69) is 14.5 Å². The number of anilines is 2. The summed E-state index contributed by atoms with van der Waals surface area (Å²) in [5.41, 5.74) is 15.0. The second-order valence-corrected chi connectivity index (χ2v) is 6.61. The van der Waals surface area contributed by atoms with E-state index in [1.165, 1.54) is 17.8 Å². The first kappa shape index (κ1) is 17.0. The zero-order valence-corrected chi connectivity index (χ0v) is 14.9. The molecule has 0 unspecified atom stereocenters. The van der Waals surface area contributed by atoms with E-state index in [9.17, 15) is 4.79 Å². The van der Waals surface area contributed by atoms with Crippen LogP contribution in [0.2, 0.25) is 0 Å². The molecular weight excluding hydrogens is 334 g/mol. The normalized spacial score (nSPS) is 10.8. The fourth-order valence-electron chi connectivity index (χ4n) is 2.75. The lowest BCUT2D eigenvalue weighted by Crippen LogP contribution is -2.07. The molecule has 0 aliphatic heterocycles. The number of benzene rings is 1. The molecule has 1 aromatic carbocycles. The van der Waals surface area contributed by atoms with Crippen molar-refractivity contribution in [3.63, 3.8) is 0 Å². The smallest absolute Gasteiger partial charge is 0.191 e. The highest BCUT2D eigenvalue weighted by Crippen LogP contribution is 2.23. The number of aryl methyl sites for hydroxylation is 1. The number of aromatic nitrogens is 3. The Bertz CT molecular complexity index is 900. The van der Waals surface area contributed by atoms with E-state index in [0.29, 0.717) is 22.4 Å². The number of nitrogens with zero attached hydrogens (tertiary/aromatic N) is 3. The van der Waals surface area contributed by atoms with Gasteiger partial charge in [0.2, 0.25) is 0 Å². The van der Waals surface area contributed by atoms with E-state index in [4.69, 9.17) is 11.5 Å². The van der Waals surface area contributed by atoms with Crippen LogP contribution in [0, 0.1) is 13.8 Å². The fraction of sp³-hybridized carbons (Fsp3) is 0.167. The molecule has 0 aliphatic carbocycles. The van der Waals surface area contributed by atoms with Crippen molar-refractivity contribution in [2.24, 2.45) is 0 Å². The number of Topliss-reactive ketones (excluding diaryl/α,β-unsaturated/α-hetero) is 1. The highest BCUT2D eigenvalue weighted by atomic mass is 32.2. The summed E-state index contributed by atoms with van der Waals surface area (Å²) >= 11 is 1.23. The molecule has 0 amide bonds. The van der Waals surface area contributed by atoms with Crippen molar-refractivity contribution >= 4 is 29.2 Å². The monoisotopic (exact) mass is 353 g/mol. The number of para-hydroxylation sites is 1. The molecule has 0 atom stereocenters. The maximum atomic E-state index is 12.7. The molecule has 0 bridgehead atoms. The van der Waals surface area contributed by atoms with Crippen LogP contribution in [0.4, 0.5) is 11.6 Å². The second-order valence-electron chi connectivity index (χ2n) is 5.67. The van der Waals surface area contributed by atoms with Gasteiger partial charge >= 0.3 is 0 Å². The molecule has 3 aromatic rings. The third-order valence-corrected chi connectivity index (χ3v) is 4.67. The molecule has 4 N–H and O–H groups in total. The Balaban J connectivity index is 1.81. The summed E-state index contributed by atoms with van der Waals surface area (Å²) in [6.07, 6.45) is 0. The maximum Gasteiger partial charge on any atom is 0.191 e. The number of nitrogen functional groups attached to an aromatic ring is 2. The van der Waals surface area contributed by atoms with Gasteiger partial charge in [0, 0.05) is 28.7 Å². The minimum absolute atomic E-state index is 0.0184. The quantitative estimate of drug-likeness (QED) is 0.415. The molecular formula is C18H19N5OS. The van der Waals surface area contributed by atoms with Crippen LogP contribution < -0.4 is 11.5 Å². The Morgan fingerprint density at radius 3 is 2.36 bits per heavy atom. The molecule has 0 fully saturated rings. The summed E-state index contributed by atoms with van der Waals surface area (Å²) in [6.45, 7) is 3.94. The zero-order chi connectivity index (χ0) is 18.0. The summed E-state index contributed by atoms with van der Waals surface area (Å²) < 4.78 is 2.08. The van der Waals surface area contributed by atoms with Crippen LogP contribution in [-0.4, -0.2) is 26.1 Å². The van der Waals surface area contributed by atoms with E-state index < -0.39 is 0 Å². The molecule has 0 spiro atoms. The molecule has 0 saturated heterocycles. The highest BCUT2D eigenvalue weighted by Gasteiger charge is 2.17. The summed E-state index contributed by atoms with van der Waals surface area (Å²) in [5.74, 6) is 0.835. The number of nitrogens with two attached hydrogens (primary N) is 2. The molecule has 128 valence electrons. The number of hydrogen-bond acceptors (Lipinski definition) is 6. The minimum atomic E-state index is 0.0184. The number of carbonyl (C=O) groups excluding carboxylic acids is 1. The lowest BCUT2D eigenvalue weighted by Gasteiger charge is -2.09. The lowest BCUT2D eigenvalue weighted by molar-refractivity contribution is 0.102. The van der Waals surface area contributed by atoms with Gasteiger partial charge in [0.1, 0.15) is 11.6 Å². The minimum Gasteiger partial charge on any atom is -0.383 e. The number of rotatable bonds is 5. The van der Waals surface area contributed by atoms with Gasteiger partial charge in [-0.2, -0.15) is 0 Å². The van der Waals surface area contributed by atoms with Crippen LogP contribution in [-0.2, 0) is 0 Å². The van der Waals surface area contributed by atoms with Crippen LogP contribution in [0.1, 0.15) is 21.7 Å². The van der Waals surface area contributed by atoms with Crippen LogP contribution in [0.25, 0.3) is 5.69 Å². The molecule has 3 rings (SSSR count). The van der Waals surface area contributed by atoms with Crippen LogP contribution in [0.5, 0.6) is 0 Å². The average Bonchev–Trinajstić information content (AvgIpc) is 2.87. The highest BCUT2D eigenvalue weighted by molar-refractivity contribution is 7.99. The zero-order valence-electron chi connectivity index (χ0n) is 14.1. The topological polar surface area (TPSA) is 99.8 Å². The first-order valence-electron chi connectivity index (χ1n) is 7.76. The molecule has 6 nitrogen and oxygen atoms in total. The standard InChI is InChI=1S/C18H19N5OS/c1-11-8-14(12(2)23(11)13-6-4-3-5-7-13)15(24)10-25-18-21-16(19)9-17(20)22-18/h3-9H,10H2,1-2H3,(H4,19,20,21,22). The summed E-state index contributed by atoms with van der Waals surface area (Å²) in [6, 6.07) is 13.4. The van der Waals surface area contributed by atoms with Crippen LogP contribution >= 0.6 is 11.8 Å². The third kappa shape index (κ3) is 3.66. The Hall–Kier alpha value is -2.80. The number of ketones is 1. The van der Waals surface area contributed by atoms with Gasteiger partial charge < -0.3 is 16.0 Å². The maximum absolute atomic E-state index is 12.7. The Morgan fingerprint density at radius 2 is 1.72 bits per heavy atom. The molecule has 7 heteroatoms. The van der Waals surface area contributed by atoms with Crippen molar-refractivity contribution in [3.8, 4) is 5.69 Å². The largest absolute Gasteiger partial charge is 0.383 e. The van der Waals surface area contributed by atoms with Crippen LogP contribution in [0.15, 0.2) is 47.6 Å². The van der Waals surface area contributed by atoms with Crippen molar-refractivity contribution in [1.29, 1.82) is 0 Å². The third-order valence-electron chi connectivity index (χ3n) is 3.82. The molecule has 2 heterocycles. The van der Waals surface area contributed by atoms with E-state index in [0.717, 1.165) is 17.1 Å². The van der Waals surface area contributed by atoms with Gasteiger partial charge in [-0.3, -0.25) is 4.79 Å². The van der Waals surface area contributed by atoms with Gasteiger partial charge in [-0.1, -0.05) is 30.0 Å². The van der Waals surface area contributed by atoms with E-state index in [1.54, 1.807) is 0 Å². The second kappa shape index (κ2) is 6.98. The van der Waals surface area contributed by atoms with Crippen molar-refractivity contribution < 1.29 is 4.79 Å². The first-order chi connectivity index (χ1) is 12.0. The van der Waals surface area contributed by atoms with E-state index in [1.807, 2.05) is 50.2 Å². The fourth-order valence-corrected chi connectivity index (χ4v) is 3.51. The predicted octanol–water partition coefficient (Wildman–Crippen LogP) is 3.02. The van der Waals surface area contributed by atoms with Gasteiger partial charge in [-0.15, -0.1) is 0 Å². The van der Waals surface area contributed by atoms with Gasteiger partial charge in [0.15, 0.2) is 10.9 Å².